The summed E-state index contributed by atoms with van der Waals surface area (Å²) in [5.41, 5.74) is 1.66. The Balaban J connectivity index is 2.82. The maximum atomic E-state index is 13.3. The van der Waals surface area contributed by atoms with Crippen LogP contribution in [0.5, 0.6) is 0 Å². The highest BCUT2D eigenvalue weighted by Gasteiger charge is 2.10. The van der Waals surface area contributed by atoms with Crippen molar-refractivity contribution in [3.63, 3.8) is 0 Å². The number of aromatic nitrogens is 1. The van der Waals surface area contributed by atoms with Crippen LogP contribution in [-0.4, -0.2) is 16.1 Å². The van der Waals surface area contributed by atoms with Crippen molar-refractivity contribution in [2.45, 2.75) is 13.8 Å². The molecule has 0 aliphatic heterocycles. The zero-order chi connectivity index (χ0) is 11.9. The molecule has 16 heavy (non-hydrogen) atoms. The number of pyridine rings is 1. The first-order valence-corrected chi connectivity index (χ1v) is 4.80. The highest BCUT2D eigenvalue weighted by atomic mass is 19.1. The third-order valence-corrected chi connectivity index (χ3v) is 2.52. The number of carbonyl (C=O) groups is 1. The minimum absolute atomic E-state index is 0.0176. The lowest BCUT2D eigenvalue weighted by atomic mass is 10.1. The molecule has 4 heteroatoms. The molecule has 3 nitrogen and oxygen atoms in total. The van der Waals surface area contributed by atoms with Gasteiger partial charge in [-0.1, -0.05) is 0 Å². The Kier molecular flexibility index (Phi) is 2.34. The molecule has 1 N–H and O–H groups in total. The molecule has 0 saturated heterocycles. The van der Waals surface area contributed by atoms with E-state index in [1.807, 2.05) is 0 Å². The molecule has 1 aromatic heterocycles. The van der Waals surface area contributed by atoms with E-state index in [0.717, 1.165) is 0 Å². The number of aromatic carboxylic acids is 1. The van der Waals surface area contributed by atoms with Gasteiger partial charge in [-0.25, -0.2) is 14.2 Å². The molecule has 1 heterocycles. The summed E-state index contributed by atoms with van der Waals surface area (Å²) in [6, 6.07) is 4.39. The average molecular weight is 219 g/mol. The molecule has 2 rings (SSSR count). The fourth-order valence-corrected chi connectivity index (χ4v) is 1.63. The largest absolute Gasteiger partial charge is 0.477 e. The predicted octanol–water partition coefficient (Wildman–Crippen LogP) is 2.69. The van der Waals surface area contributed by atoms with E-state index in [1.165, 1.54) is 12.1 Å². The summed E-state index contributed by atoms with van der Waals surface area (Å²) in [7, 11) is 0. The van der Waals surface area contributed by atoms with Crippen molar-refractivity contribution in [1.29, 1.82) is 0 Å². The highest BCUT2D eigenvalue weighted by Crippen LogP contribution is 2.21. The number of fused-ring (bicyclic) bond motifs is 1. The standard InChI is InChI=1S/C12H10FNO2/c1-6-3-11(12(15)16)14-10-4-7(2)9(13)5-8(6)10/h3-5H,1-2H3,(H,15,16). The van der Waals surface area contributed by atoms with Crippen LogP contribution in [0.25, 0.3) is 10.9 Å². The Morgan fingerprint density at radius 2 is 1.94 bits per heavy atom. The zero-order valence-electron chi connectivity index (χ0n) is 8.91. The van der Waals surface area contributed by atoms with Crippen LogP contribution in [0.2, 0.25) is 0 Å². The Morgan fingerprint density at radius 3 is 2.56 bits per heavy atom. The molecule has 2 aromatic rings. The van der Waals surface area contributed by atoms with Gasteiger partial charge >= 0.3 is 5.97 Å². The average Bonchev–Trinajstić information content (AvgIpc) is 2.20. The molecular weight excluding hydrogens is 209 g/mol. The second-order valence-corrected chi connectivity index (χ2v) is 3.75. The number of carboxylic acid groups (broad SMARTS) is 1. The number of nitrogens with zero attached hydrogens (tertiary/aromatic N) is 1. The summed E-state index contributed by atoms with van der Waals surface area (Å²) in [4.78, 5) is 14.8. The van der Waals surface area contributed by atoms with Gasteiger partial charge in [0.25, 0.3) is 0 Å². The number of aryl methyl sites for hydroxylation is 2. The van der Waals surface area contributed by atoms with Crippen molar-refractivity contribution in [1.82, 2.24) is 4.98 Å². The van der Waals surface area contributed by atoms with Gasteiger partial charge in [0, 0.05) is 5.39 Å². The molecule has 0 saturated carbocycles. The minimum atomic E-state index is -1.08. The monoisotopic (exact) mass is 219 g/mol. The van der Waals surface area contributed by atoms with Crippen molar-refractivity contribution in [3.8, 4) is 0 Å². The third-order valence-electron chi connectivity index (χ3n) is 2.52. The molecule has 0 radical (unpaired) electrons. The van der Waals surface area contributed by atoms with E-state index in [4.69, 9.17) is 5.11 Å². The van der Waals surface area contributed by atoms with Crippen LogP contribution in [0, 0.1) is 19.7 Å². The Bertz CT molecular complexity index is 593. The van der Waals surface area contributed by atoms with Crippen molar-refractivity contribution in [2.24, 2.45) is 0 Å². The number of hydrogen-bond acceptors (Lipinski definition) is 2. The number of hydrogen-bond donors (Lipinski definition) is 1. The van der Waals surface area contributed by atoms with Crippen LogP contribution in [0.15, 0.2) is 18.2 Å². The minimum Gasteiger partial charge on any atom is -0.477 e. The normalized spacial score (nSPS) is 10.7. The quantitative estimate of drug-likeness (QED) is 0.802. The van der Waals surface area contributed by atoms with Crippen molar-refractivity contribution >= 4 is 16.9 Å². The molecular formula is C12H10FNO2. The second kappa shape index (κ2) is 3.56. The van der Waals surface area contributed by atoms with Gasteiger partial charge in [0.05, 0.1) is 5.52 Å². The smallest absolute Gasteiger partial charge is 0.354 e. The second-order valence-electron chi connectivity index (χ2n) is 3.75. The highest BCUT2D eigenvalue weighted by molar-refractivity contribution is 5.91. The number of halogens is 1. The molecule has 0 spiro atoms. The van der Waals surface area contributed by atoms with Crippen LogP contribution in [0.1, 0.15) is 21.6 Å². The van der Waals surface area contributed by atoms with Crippen molar-refractivity contribution in [2.75, 3.05) is 0 Å². The number of benzene rings is 1. The molecule has 82 valence electrons. The fraction of sp³-hybridized carbons (Fsp3) is 0.167. The summed E-state index contributed by atoms with van der Waals surface area (Å²) in [6.07, 6.45) is 0. The molecule has 0 aliphatic carbocycles. The lowest BCUT2D eigenvalue weighted by molar-refractivity contribution is 0.0691. The third kappa shape index (κ3) is 1.62. The first kappa shape index (κ1) is 10.5. The molecule has 0 bridgehead atoms. The van der Waals surface area contributed by atoms with Crippen LogP contribution in [0.4, 0.5) is 4.39 Å². The lowest BCUT2D eigenvalue weighted by Gasteiger charge is -2.05. The summed E-state index contributed by atoms with van der Waals surface area (Å²) >= 11 is 0. The van der Waals surface area contributed by atoms with E-state index < -0.39 is 5.97 Å². The van der Waals surface area contributed by atoms with Crippen LogP contribution in [-0.2, 0) is 0 Å². The van der Waals surface area contributed by atoms with E-state index in [9.17, 15) is 9.18 Å². The van der Waals surface area contributed by atoms with Gasteiger partial charge in [0.2, 0.25) is 0 Å². The molecule has 1 aromatic carbocycles. The van der Waals surface area contributed by atoms with Gasteiger partial charge < -0.3 is 5.11 Å². The van der Waals surface area contributed by atoms with Crippen molar-refractivity contribution < 1.29 is 14.3 Å². The Labute approximate surface area is 91.5 Å². The lowest BCUT2D eigenvalue weighted by Crippen LogP contribution is -2.01. The Hall–Kier alpha value is -1.97. The van der Waals surface area contributed by atoms with E-state index in [-0.39, 0.29) is 11.5 Å². The fourth-order valence-electron chi connectivity index (χ4n) is 1.63. The number of rotatable bonds is 1. The van der Waals surface area contributed by atoms with Gasteiger partial charge in [-0.05, 0) is 43.2 Å². The first-order chi connectivity index (χ1) is 7.49. The molecule has 0 aliphatic rings. The molecule has 0 atom stereocenters. The summed E-state index contributed by atoms with van der Waals surface area (Å²) in [5, 5.41) is 9.50. The van der Waals surface area contributed by atoms with E-state index >= 15 is 0 Å². The topological polar surface area (TPSA) is 50.2 Å². The maximum absolute atomic E-state index is 13.3. The summed E-state index contributed by atoms with van der Waals surface area (Å²) in [5.74, 6) is -1.38. The van der Waals surface area contributed by atoms with Gasteiger partial charge in [0.15, 0.2) is 0 Å². The van der Waals surface area contributed by atoms with Gasteiger partial charge in [0.1, 0.15) is 11.5 Å². The molecule has 0 amide bonds. The maximum Gasteiger partial charge on any atom is 0.354 e. The molecule has 0 fully saturated rings. The number of carboxylic acids is 1. The predicted molar refractivity (Wildman–Crippen MR) is 58.1 cm³/mol. The van der Waals surface area contributed by atoms with E-state index in [1.54, 1.807) is 19.9 Å². The first-order valence-electron chi connectivity index (χ1n) is 4.80. The van der Waals surface area contributed by atoms with Crippen molar-refractivity contribution in [3.05, 3.63) is 40.8 Å². The van der Waals surface area contributed by atoms with E-state index in [0.29, 0.717) is 22.0 Å². The molecule has 0 unspecified atom stereocenters. The van der Waals surface area contributed by atoms with Crippen LogP contribution in [0.3, 0.4) is 0 Å². The Morgan fingerprint density at radius 1 is 1.25 bits per heavy atom. The SMILES string of the molecule is Cc1cc2nc(C(=O)O)cc(C)c2cc1F. The van der Waals surface area contributed by atoms with E-state index in [2.05, 4.69) is 4.98 Å². The van der Waals surface area contributed by atoms with Gasteiger partial charge in [-0.2, -0.15) is 0 Å². The zero-order valence-corrected chi connectivity index (χ0v) is 8.91. The van der Waals surface area contributed by atoms with Gasteiger partial charge in [-0.3, -0.25) is 0 Å². The summed E-state index contributed by atoms with van der Waals surface area (Å²) < 4.78 is 13.3. The van der Waals surface area contributed by atoms with Crippen LogP contribution >= 0.6 is 0 Å². The van der Waals surface area contributed by atoms with Gasteiger partial charge in [-0.15, -0.1) is 0 Å². The van der Waals surface area contributed by atoms with Crippen LogP contribution < -0.4 is 0 Å². The summed E-state index contributed by atoms with van der Waals surface area (Å²) in [6.45, 7) is 3.37.